The normalized spacial score (nSPS) is 10.7. The van der Waals surface area contributed by atoms with Crippen LogP contribution in [0.5, 0.6) is 11.6 Å². The molecule has 8 heteroatoms. The smallest absolute Gasteiger partial charge is 0.294 e. The third-order valence-electron chi connectivity index (χ3n) is 2.13. The molecule has 88 valence electrons. The maximum absolute atomic E-state index is 11.0. The van der Waals surface area contributed by atoms with Gasteiger partial charge in [-0.1, -0.05) is 0 Å². The summed E-state index contributed by atoms with van der Waals surface area (Å²) in [6.07, 6.45) is 0. The molecule has 2 N–H and O–H groups in total. The summed E-state index contributed by atoms with van der Waals surface area (Å²) in [5.74, 6) is -1.07. The third kappa shape index (κ3) is 1.93. The lowest BCUT2D eigenvalue weighted by atomic mass is 10.2. The highest BCUT2D eigenvalue weighted by atomic mass is 79.9. The summed E-state index contributed by atoms with van der Waals surface area (Å²) in [6.45, 7) is 0. The van der Waals surface area contributed by atoms with Crippen molar-refractivity contribution in [1.82, 2.24) is 4.98 Å². The first-order valence-corrected chi connectivity index (χ1v) is 5.85. The van der Waals surface area contributed by atoms with Crippen LogP contribution in [0.1, 0.15) is 0 Å². The molecule has 2 aromatic rings. The molecule has 0 fully saturated rings. The molecule has 1 heterocycles. The number of nitro groups is 1. The zero-order valence-corrected chi connectivity index (χ0v) is 11.2. The number of aromatic hydroxyl groups is 2. The summed E-state index contributed by atoms with van der Waals surface area (Å²) in [5, 5.41) is 29.7. The molecule has 0 saturated heterocycles. The second kappa shape index (κ2) is 4.11. The molecule has 0 aliphatic heterocycles. The zero-order chi connectivity index (χ0) is 12.7. The first-order valence-electron chi connectivity index (χ1n) is 4.27. The minimum atomic E-state index is -0.588. The molecule has 0 aliphatic carbocycles. The van der Waals surface area contributed by atoms with E-state index in [-0.39, 0.29) is 21.1 Å². The van der Waals surface area contributed by atoms with Crippen molar-refractivity contribution >= 4 is 48.5 Å². The average Bonchev–Trinajstić information content (AvgIpc) is 2.23. The number of benzene rings is 1. The van der Waals surface area contributed by atoms with Gasteiger partial charge in [-0.25, -0.2) is 4.98 Å². The van der Waals surface area contributed by atoms with Crippen molar-refractivity contribution in [2.75, 3.05) is 0 Å². The number of hydrogen-bond acceptors (Lipinski definition) is 5. The largest absolute Gasteiger partial charge is 0.503 e. The van der Waals surface area contributed by atoms with Crippen molar-refractivity contribution in [2.24, 2.45) is 0 Å². The van der Waals surface area contributed by atoms with E-state index in [1.54, 1.807) is 0 Å². The minimum absolute atomic E-state index is 0.139. The van der Waals surface area contributed by atoms with Gasteiger partial charge in [0.25, 0.3) is 11.6 Å². The van der Waals surface area contributed by atoms with Gasteiger partial charge in [0.2, 0.25) is 0 Å². The molecule has 17 heavy (non-hydrogen) atoms. The molecular formula is C9H4Br2N2O4. The van der Waals surface area contributed by atoms with Crippen LogP contribution in [0.15, 0.2) is 21.1 Å². The van der Waals surface area contributed by atoms with Crippen LogP contribution in [0.3, 0.4) is 0 Å². The summed E-state index contributed by atoms with van der Waals surface area (Å²) in [4.78, 5) is 14.0. The van der Waals surface area contributed by atoms with E-state index in [2.05, 4.69) is 36.8 Å². The zero-order valence-electron chi connectivity index (χ0n) is 8.02. The average molecular weight is 364 g/mol. The number of hydrogen-bond donors (Lipinski definition) is 2. The molecule has 0 unspecified atom stereocenters. The number of rotatable bonds is 1. The molecule has 1 aromatic carbocycles. The predicted molar refractivity (Wildman–Crippen MR) is 67.1 cm³/mol. The van der Waals surface area contributed by atoms with Crippen molar-refractivity contribution in [1.29, 1.82) is 0 Å². The van der Waals surface area contributed by atoms with Crippen LogP contribution in [0.4, 0.5) is 5.69 Å². The predicted octanol–water partition coefficient (Wildman–Crippen LogP) is 3.08. The fraction of sp³-hybridized carbons (Fsp3) is 0. The van der Waals surface area contributed by atoms with E-state index in [1.165, 1.54) is 6.07 Å². The number of fused-ring (bicyclic) bond motifs is 1. The standard InChI is InChI=1S/C9H4Br2N2O4/c10-4-2-5-3(1-6(14)9(15)12-5)8(7(4)11)13(16)17/h1-2,14H,(H,12,15). The molecule has 0 aliphatic rings. The Morgan fingerprint density at radius 1 is 1.29 bits per heavy atom. The Morgan fingerprint density at radius 2 is 1.94 bits per heavy atom. The van der Waals surface area contributed by atoms with E-state index in [9.17, 15) is 20.3 Å². The van der Waals surface area contributed by atoms with Gasteiger partial charge in [-0.15, -0.1) is 0 Å². The monoisotopic (exact) mass is 362 g/mol. The quantitative estimate of drug-likeness (QED) is 0.599. The number of aromatic nitrogens is 1. The van der Waals surface area contributed by atoms with Crippen LogP contribution in [0, 0.1) is 10.1 Å². The molecular weight excluding hydrogens is 360 g/mol. The van der Waals surface area contributed by atoms with E-state index in [0.29, 0.717) is 4.47 Å². The maximum atomic E-state index is 11.0. The first kappa shape index (κ1) is 12.1. The molecule has 0 bridgehead atoms. The van der Waals surface area contributed by atoms with E-state index in [1.807, 2.05) is 0 Å². The van der Waals surface area contributed by atoms with Crippen LogP contribution < -0.4 is 0 Å². The van der Waals surface area contributed by atoms with Crippen molar-refractivity contribution in [3.63, 3.8) is 0 Å². The van der Waals surface area contributed by atoms with Gasteiger partial charge in [0.05, 0.1) is 15.8 Å². The van der Waals surface area contributed by atoms with Crippen molar-refractivity contribution in [3.8, 4) is 11.6 Å². The van der Waals surface area contributed by atoms with Crippen LogP contribution in [-0.4, -0.2) is 20.1 Å². The van der Waals surface area contributed by atoms with Crippen molar-refractivity contribution in [3.05, 3.63) is 31.2 Å². The molecule has 0 saturated carbocycles. The highest BCUT2D eigenvalue weighted by Crippen LogP contribution is 2.41. The molecule has 2 rings (SSSR count). The second-order valence-corrected chi connectivity index (χ2v) is 4.82. The molecule has 0 spiro atoms. The fourth-order valence-corrected chi connectivity index (χ4v) is 2.28. The number of pyridine rings is 1. The van der Waals surface area contributed by atoms with Gasteiger partial charge in [-0.05, 0) is 37.9 Å². The van der Waals surface area contributed by atoms with Gasteiger partial charge in [-0.3, -0.25) is 10.1 Å². The van der Waals surface area contributed by atoms with Crippen LogP contribution in [0.2, 0.25) is 0 Å². The minimum Gasteiger partial charge on any atom is -0.503 e. The van der Waals surface area contributed by atoms with E-state index < -0.39 is 16.6 Å². The lowest BCUT2D eigenvalue weighted by Crippen LogP contribution is -1.93. The molecule has 6 nitrogen and oxygen atoms in total. The van der Waals surface area contributed by atoms with Gasteiger partial charge < -0.3 is 10.2 Å². The van der Waals surface area contributed by atoms with Gasteiger partial charge in [0.15, 0.2) is 5.75 Å². The molecule has 0 amide bonds. The fourth-order valence-electron chi connectivity index (χ4n) is 1.40. The number of nitro benzene ring substituents is 1. The molecule has 0 atom stereocenters. The molecule has 0 radical (unpaired) electrons. The van der Waals surface area contributed by atoms with Crippen LogP contribution >= 0.6 is 31.9 Å². The summed E-state index contributed by atoms with van der Waals surface area (Å²) in [6, 6.07) is 2.61. The Kier molecular flexibility index (Phi) is 2.92. The lowest BCUT2D eigenvalue weighted by Gasteiger charge is -2.05. The topological polar surface area (TPSA) is 96.5 Å². The Hall–Kier alpha value is -1.41. The van der Waals surface area contributed by atoms with Gasteiger partial charge >= 0.3 is 0 Å². The summed E-state index contributed by atoms with van der Waals surface area (Å²) in [7, 11) is 0. The summed E-state index contributed by atoms with van der Waals surface area (Å²) in [5.41, 5.74) is -0.0146. The Labute approximate surface area is 111 Å². The van der Waals surface area contributed by atoms with E-state index in [4.69, 9.17) is 0 Å². The van der Waals surface area contributed by atoms with Gasteiger partial charge in [0.1, 0.15) is 4.47 Å². The Bertz CT molecular complexity index is 639. The maximum Gasteiger partial charge on any atom is 0.294 e. The van der Waals surface area contributed by atoms with E-state index in [0.717, 1.165) is 6.07 Å². The Morgan fingerprint density at radius 3 is 2.53 bits per heavy atom. The second-order valence-electron chi connectivity index (χ2n) is 3.18. The van der Waals surface area contributed by atoms with Crippen LogP contribution in [-0.2, 0) is 0 Å². The first-order chi connectivity index (χ1) is 7.91. The van der Waals surface area contributed by atoms with Crippen LogP contribution in [0.25, 0.3) is 10.9 Å². The van der Waals surface area contributed by atoms with Gasteiger partial charge in [0, 0.05) is 10.5 Å². The highest BCUT2D eigenvalue weighted by Gasteiger charge is 2.22. The van der Waals surface area contributed by atoms with Crippen molar-refractivity contribution < 1.29 is 15.1 Å². The SMILES string of the molecule is O=[N+]([O-])c1c(Br)c(Br)cc2nc(O)c(O)cc12. The highest BCUT2D eigenvalue weighted by molar-refractivity contribution is 9.13. The number of nitrogens with zero attached hydrogens (tertiary/aromatic N) is 2. The summed E-state index contributed by atoms with van der Waals surface area (Å²) < 4.78 is 0.691. The molecule has 1 aromatic heterocycles. The lowest BCUT2D eigenvalue weighted by molar-refractivity contribution is -0.383. The van der Waals surface area contributed by atoms with Gasteiger partial charge in [-0.2, -0.15) is 0 Å². The summed E-state index contributed by atoms with van der Waals surface area (Å²) >= 11 is 6.23. The Balaban J connectivity index is 2.98. The third-order valence-corrected chi connectivity index (χ3v) is 4.09. The number of halogens is 2. The van der Waals surface area contributed by atoms with Crippen molar-refractivity contribution in [2.45, 2.75) is 0 Å². The van der Waals surface area contributed by atoms with E-state index >= 15 is 0 Å².